The van der Waals surface area contributed by atoms with E-state index in [2.05, 4.69) is 19.6 Å². The molecule has 0 saturated heterocycles. The van der Waals surface area contributed by atoms with E-state index in [-0.39, 0.29) is 11.4 Å². The summed E-state index contributed by atoms with van der Waals surface area (Å²) in [6, 6.07) is 0. The minimum atomic E-state index is 0.0365. The van der Waals surface area contributed by atoms with E-state index in [1.165, 1.54) is 0 Å². The summed E-state index contributed by atoms with van der Waals surface area (Å²) in [5.41, 5.74) is 0. The number of aliphatic hydroxyl groups excluding tert-OH is 1. The molecular formula is C6H14OS. The first-order valence-electron chi connectivity index (χ1n) is 2.95. The van der Waals surface area contributed by atoms with Gasteiger partial charge in [0.2, 0.25) is 0 Å². The van der Waals surface area contributed by atoms with Crippen molar-refractivity contribution in [2.24, 2.45) is 0 Å². The summed E-state index contributed by atoms with van der Waals surface area (Å²) in [5, 5.41) is 8.48. The summed E-state index contributed by atoms with van der Waals surface area (Å²) in [5.74, 6) is 0. The van der Waals surface area contributed by atoms with Crippen LogP contribution in [-0.2, 0) is 0 Å². The molecule has 0 amide bonds. The summed E-state index contributed by atoms with van der Waals surface area (Å²) in [4.78, 5) is 0. The molecule has 0 bridgehead atoms. The zero-order valence-electron chi connectivity index (χ0n) is 5.52. The molecule has 1 atom stereocenters. The fraction of sp³-hybridized carbons (Fsp3) is 1.00. The van der Waals surface area contributed by atoms with Crippen LogP contribution in [0.25, 0.3) is 0 Å². The van der Waals surface area contributed by atoms with Crippen molar-refractivity contribution in [3.63, 3.8) is 0 Å². The summed E-state index contributed by atoms with van der Waals surface area (Å²) < 4.78 is 0.0365. The molecule has 0 fully saturated rings. The van der Waals surface area contributed by atoms with Gasteiger partial charge in [-0.05, 0) is 12.8 Å². The Hall–Kier alpha value is 0.310. The van der Waals surface area contributed by atoms with Crippen LogP contribution in [0, 0.1) is 0 Å². The van der Waals surface area contributed by atoms with Gasteiger partial charge in [0.1, 0.15) is 0 Å². The minimum absolute atomic E-state index is 0.0365. The maximum absolute atomic E-state index is 8.48. The summed E-state index contributed by atoms with van der Waals surface area (Å²) >= 11 is 4.31. The second-order valence-electron chi connectivity index (χ2n) is 2.32. The highest BCUT2D eigenvalue weighted by molar-refractivity contribution is 7.81. The molecular weight excluding hydrogens is 120 g/mol. The van der Waals surface area contributed by atoms with Gasteiger partial charge in [0.15, 0.2) is 0 Å². The molecule has 0 aromatic rings. The van der Waals surface area contributed by atoms with Gasteiger partial charge >= 0.3 is 0 Å². The standard InChI is InChI=1S/C6H14OS/c1-3-6(2,8)4-5-7/h7-8H,3-5H2,1-2H3. The van der Waals surface area contributed by atoms with Gasteiger partial charge in [-0.2, -0.15) is 12.6 Å². The van der Waals surface area contributed by atoms with Gasteiger partial charge in [0.05, 0.1) is 0 Å². The molecule has 0 aliphatic carbocycles. The average molecular weight is 134 g/mol. The van der Waals surface area contributed by atoms with Crippen molar-refractivity contribution in [2.45, 2.75) is 31.4 Å². The Bertz CT molecular complexity index is 61.5. The largest absolute Gasteiger partial charge is 0.396 e. The second kappa shape index (κ2) is 3.36. The third-order valence-electron chi connectivity index (χ3n) is 1.41. The van der Waals surface area contributed by atoms with Crippen LogP contribution in [0.1, 0.15) is 26.7 Å². The van der Waals surface area contributed by atoms with Crippen LogP contribution in [0.3, 0.4) is 0 Å². The van der Waals surface area contributed by atoms with Gasteiger partial charge in [-0.25, -0.2) is 0 Å². The molecule has 0 spiro atoms. The smallest absolute Gasteiger partial charge is 0.0444 e. The average Bonchev–Trinajstić information content (AvgIpc) is 1.67. The van der Waals surface area contributed by atoms with Crippen LogP contribution in [0.15, 0.2) is 0 Å². The Kier molecular flexibility index (Phi) is 3.49. The molecule has 0 heterocycles. The fourth-order valence-electron chi connectivity index (χ4n) is 0.418. The maximum Gasteiger partial charge on any atom is 0.0444 e. The summed E-state index contributed by atoms with van der Waals surface area (Å²) in [6.45, 7) is 4.35. The number of thiol groups is 1. The van der Waals surface area contributed by atoms with Gasteiger partial charge in [-0.3, -0.25) is 0 Å². The van der Waals surface area contributed by atoms with Crippen molar-refractivity contribution in [1.82, 2.24) is 0 Å². The van der Waals surface area contributed by atoms with Gasteiger partial charge in [-0.15, -0.1) is 0 Å². The van der Waals surface area contributed by atoms with Gasteiger partial charge in [0, 0.05) is 11.4 Å². The van der Waals surface area contributed by atoms with Gasteiger partial charge < -0.3 is 5.11 Å². The molecule has 0 aliphatic heterocycles. The van der Waals surface area contributed by atoms with E-state index >= 15 is 0 Å². The number of hydrogen-bond acceptors (Lipinski definition) is 2. The van der Waals surface area contributed by atoms with Crippen molar-refractivity contribution in [1.29, 1.82) is 0 Å². The molecule has 2 heteroatoms. The van der Waals surface area contributed by atoms with E-state index in [1.807, 2.05) is 6.92 Å². The predicted octanol–water partition coefficient (Wildman–Crippen LogP) is 1.47. The van der Waals surface area contributed by atoms with Gasteiger partial charge in [0.25, 0.3) is 0 Å². The van der Waals surface area contributed by atoms with Crippen molar-refractivity contribution in [3.05, 3.63) is 0 Å². The Morgan fingerprint density at radius 3 is 2.25 bits per heavy atom. The molecule has 0 rings (SSSR count). The molecule has 1 unspecified atom stereocenters. The third kappa shape index (κ3) is 3.33. The Morgan fingerprint density at radius 2 is 2.12 bits per heavy atom. The highest BCUT2D eigenvalue weighted by Gasteiger charge is 2.13. The molecule has 0 saturated carbocycles. The van der Waals surface area contributed by atoms with Crippen LogP contribution in [0.2, 0.25) is 0 Å². The monoisotopic (exact) mass is 134 g/mol. The van der Waals surface area contributed by atoms with E-state index in [1.54, 1.807) is 0 Å². The lowest BCUT2D eigenvalue weighted by Crippen LogP contribution is -2.16. The van der Waals surface area contributed by atoms with Crippen LogP contribution < -0.4 is 0 Å². The fourth-order valence-corrected chi connectivity index (χ4v) is 0.518. The van der Waals surface area contributed by atoms with Crippen molar-refractivity contribution in [3.8, 4) is 0 Å². The van der Waals surface area contributed by atoms with E-state index in [4.69, 9.17) is 5.11 Å². The van der Waals surface area contributed by atoms with Crippen molar-refractivity contribution >= 4 is 12.6 Å². The number of hydrogen-bond donors (Lipinski definition) is 2. The van der Waals surface area contributed by atoms with Crippen LogP contribution in [0.4, 0.5) is 0 Å². The quantitative estimate of drug-likeness (QED) is 0.560. The maximum atomic E-state index is 8.48. The van der Waals surface area contributed by atoms with E-state index in [9.17, 15) is 0 Å². The highest BCUT2D eigenvalue weighted by atomic mass is 32.1. The van der Waals surface area contributed by atoms with E-state index in [0.717, 1.165) is 12.8 Å². The molecule has 1 N–H and O–H groups in total. The molecule has 1 nitrogen and oxygen atoms in total. The highest BCUT2D eigenvalue weighted by Crippen LogP contribution is 2.21. The van der Waals surface area contributed by atoms with Crippen LogP contribution in [0.5, 0.6) is 0 Å². The van der Waals surface area contributed by atoms with Crippen LogP contribution >= 0.6 is 12.6 Å². The zero-order chi connectivity index (χ0) is 6.62. The van der Waals surface area contributed by atoms with Crippen molar-refractivity contribution < 1.29 is 5.11 Å². The summed E-state index contributed by atoms with van der Waals surface area (Å²) in [6.07, 6.45) is 1.79. The first-order chi connectivity index (χ1) is 3.62. The number of rotatable bonds is 3. The SMILES string of the molecule is CCC(C)(S)CCO. The molecule has 8 heavy (non-hydrogen) atoms. The zero-order valence-corrected chi connectivity index (χ0v) is 6.41. The molecule has 0 aromatic carbocycles. The molecule has 0 aromatic heterocycles. The van der Waals surface area contributed by atoms with Crippen molar-refractivity contribution in [2.75, 3.05) is 6.61 Å². The first-order valence-corrected chi connectivity index (χ1v) is 3.40. The first kappa shape index (κ1) is 8.31. The lowest BCUT2D eigenvalue weighted by molar-refractivity contribution is 0.270. The summed E-state index contributed by atoms with van der Waals surface area (Å²) in [7, 11) is 0. The molecule has 0 aliphatic rings. The Balaban J connectivity index is 3.37. The Labute approximate surface area is 56.5 Å². The lowest BCUT2D eigenvalue weighted by Gasteiger charge is -2.18. The third-order valence-corrected chi connectivity index (χ3v) is 1.95. The Morgan fingerprint density at radius 1 is 1.62 bits per heavy atom. The lowest BCUT2D eigenvalue weighted by atomic mass is 10.1. The second-order valence-corrected chi connectivity index (χ2v) is 3.40. The molecule has 50 valence electrons. The predicted molar refractivity (Wildman–Crippen MR) is 39.4 cm³/mol. The minimum Gasteiger partial charge on any atom is -0.396 e. The number of aliphatic hydroxyl groups is 1. The molecule has 0 radical (unpaired) electrons. The normalized spacial score (nSPS) is 18.0. The topological polar surface area (TPSA) is 20.2 Å². The van der Waals surface area contributed by atoms with Gasteiger partial charge in [-0.1, -0.05) is 13.8 Å². The van der Waals surface area contributed by atoms with Crippen LogP contribution in [-0.4, -0.2) is 16.5 Å². The van der Waals surface area contributed by atoms with E-state index in [0.29, 0.717) is 0 Å². The van der Waals surface area contributed by atoms with E-state index < -0.39 is 0 Å².